The molecule has 1 heterocycles. The smallest absolute Gasteiger partial charge is 0.270 e. The van der Waals surface area contributed by atoms with E-state index in [1.165, 1.54) is 11.9 Å². The summed E-state index contributed by atoms with van der Waals surface area (Å²) in [6, 6.07) is 17.2. The third-order valence-electron chi connectivity index (χ3n) is 3.85. The summed E-state index contributed by atoms with van der Waals surface area (Å²) in [6.07, 6.45) is 1.38. The van der Waals surface area contributed by atoms with Crippen molar-refractivity contribution in [1.82, 2.24) is 15.3 Å². The average molecular weight is 367 g/mol. The number of amides is 1. The number of rotatable bonds is 6. The second kappa shape index (κ2) is 8.45. The van der Waals surface area contributed by atoms with Crippen molar-refractivity contribution < 1.29 is 4.79 Å². The van der Waals surface area contributed by atoms with Crippen LogP contribution in [0.4, 0.5) is 5.82 Å². The number of carbonyl (C=O) groups is 1. The quantitative estimate of drug-likeness (QED) is 0.692. The number of nitrogens with one attached hydrogen (secondary N) is 2. The van der Waals surface area contributed by atoms with Crippen LogP contribution in [0, 0.1) is 6.92 Å². The Labute approximate surface area is 157 Å². The Hall–Kier alpha value is -2.92. The number of carbonyl (C=O) groups excluding carboxylic acids is 1. The van der Waals surface area contributed by atoms with E-state index < -0.39 is 0 Å². The Morgan fingerprint density at radius 1 is 1.04 bits per heavy atom. The number of benzene rings is 2. The van der Waals surface area contributed by atoms with E-state index in [1.807, 2.05) is 30.3 Å². The second-order valence-corrected chi connectivity index (χ2v) is 6.31. The fourth-order valence-electron chi connectivity index (χ4n) is 2.50. The van der Waals surface area contributed by atoms with Crippen molar-refractivity contribution in [3.05, 3.63) is 88.3 Å². The van der Waals surface area contributed by atoms with Crippen molar-refractivity contribution in [3.8, 4) is 0 Å². The molecule has 0 radical (unpaired) electrons. The van der Waals surface area contributed by atoms with Gasteiger partial charge in [0.2, 0.25) is 0 Å². The average Bonchev–Trinajstić information content (AvgIpc) is 2.66. The predicted octanol–water partition coefficient (Wildman–Crippen LogP) is 3.98. The molecule has 0 fully saturated rings. The Morgan fingerprint density at radius 3 is 2.69 bits per heavy atom. The highest BCUT2D eigenvalue weighted by Gasteiger charge is 2.09. The lowest BCUT2D eigenvalue weighted by atomic mass is 10.1. The van der Waals surface area contributed by atoms with Gasteiger partial charge in [-0.1, -0.05) is 59.6 Å². The number of aromatic nitrogens is 2. The zero-order valence-corrected chi connectivity index (χ0v) is 15.1. The predicted molar refractivity (Wildman–Crippen MR) is 103 cm³/mol. The van der Waals surface area contributed by atoms with Gasteiger partial charge in [0.15, 0.2) is 0 Å². The molecule has 0 saturated heterocycles. The third kappa shape index (κ3) is 4.80. The van der Waals surface area contributed by atoms with Gasteiger partial charge in [0.05, 0.1) is 0 Å². The lowest BCUT2D eigenvalue weighted by Crippen LogP contribution is -2.24. The Kier molecular flexibility index (Phi) is 5.81. The highest BCUT2D eigenvalue weighted by Crippen LogP contribution is 2.14. The maximum Gasteiger partial charge on any atom is 0.270 e. The highest BCUT2D eigenvalue weighted by molar-refractivity contribution is 6.31. The molecule has 132 valence electrons. The van der Waals surface area contributed by atoms with Gasteiger partial charge in [-0.15, -0.1) is 0 Å². The van der Waals surface area contributed by atoms with Crippen LogP contribution in [0.1, 0.15) is 27.2 Å². The van der Waals surface area contributed by atoms with Gasteiger partial charge in [-0.2, -0.15) is 0 Å². The molecule has 3 rings (SSSR count). The van der Waals surface area contributed by atoms with E-state index in [4.69, 9.17) is 11.6 Å². The first-order valence-corrected chi connectivity index (χ1v) is 8.62. The lowest BCUT2D eigenvalue weighted by Gasteiger charge is -2.09. The highest BCUT2D eigenvalue weighted by atomic mass is 35.5. The maximum atomic E-state index is 12.3. The van der Waals surface area contributed by atoms with E-state index >= 15 is 0 Å². The molecule has 3 aromatic rings. The Balaban J connectivity index is 1.61. The first-order valence-electron chi connectivity index (χ1n) is 8.25. The van der Waals surface area contributed by atoms with E-state index in [9.17, 15) is 4.79 Å². The molecule has 5 nitrogen and oxygen atoms in total. The van der Waals surface area contributed by atoms with Crippen molar-refractivity contribution in [2.45, 2.75) is 20.0 Å². The number of aryl methyl sites for hydroxylation is 1. The Morgan fingerprint density at radius 2 is 1.88 bits per heavy atom. The summed E-state index contributed by atoms with van der Waals surface area (Å²) in [5.74, 6) is 0.329. The second-order valence-electron chi connectivity index (χ2n) is 5.91. The summed E-state index contributed by atoms with van der Waals surface area (Å²) < 4.78 is 0. The fourth-order valence-corrected chi connectivity index (χ4v) is 2.70. The van der Waals surface area contributed by atoms with Gasteiger partial charge in [-0.05, 0) is 24.1 Å². The van der Waals surface area contributed by atoms with Crippen molar-refractivity contribution in [2.75, 3.05) is 5.32 Å². The van der Waals surface area contributed by atoms with Gasteiger partial charge in [0.1, 0.15) is 17.8 Å². The molecular formula is C20H19ClN4O. The number of nitrogens with zero attached hydrogens (tertiary/aromatic N) is 2. The largest absolute Gasteiger partial charge is 0.366 e. The van der Waals surface area contributed by atoms with E-state index in [0.717, 1.165) is 11.1 Å². The first-order chi connectivity index (χ1) is 12.6. The molecule has 1 aromatic heterocycles. The minimum absolute atomic E-state index is 0.272. The normalized spacial score (nSPS) is 10.4. The molecular weight excluding hydrogens is 348 g/mol. The molecule has 0 unspecified atom stereocenters. The molecule has 6 heteroatoms. The van der Waals surface area contributed by atoms with Crippen LogP contribution in [0.3, 0.4) is 0 Å². The van der Waals surface area contributed by atoms with E-state index in [1.54, 1.807) is 12.1 Å². The van der Waals surface area contributed by atoms with Crippen LogP contribution in [0.5, 0.6) is 0 Å². The van der Waals surface area contributed by atoms with Crippen molar-refractivity contribution >= 4 is 23.3 Å². The van der Waals surface area contributed by atoms with E-state index in [-0.39, 0.29) is 5.91 Å². The van der Waals surface area contributed by atoms with Gasteiger partial charge in [0.25, 0.3) is 5.91 Å². The van der Waals surface area contributed by atoms with Gasteiger partial charge < -0.3 is 10.6 Å². The third-order valence-corrected chi connectivity index (χ3v) is 4.22. The lowest BCUT2D eigenvalue weighted by molar-refractivity contribution is 0.0946. The molecule has 0 spiro atoms. The molecule has 0 atom stereocenters. The minimum Gasteiger partial charge on any atom is -0.366 e. The van der Waals surface area contributed by atoms with Crippen LogP contribution in [0.25, 0.3) is 0 Å². The topological polar surface area (TPSA) is 66.9 Å². The van der Waals surface area contributed by atoms with E-state index in [2.05, 4.69) is 39.7 Å². The van der Waals surface area contributed by atoms with Crippen molar-refractivity contribution in [2.24, 2.45) is 0 Å². The van der Waals surface area contributed by atoms with Crippen LogP contribution in [-0.4, -0.2) is 15.9 Å². The standard InChI is InChI=1S/C20H19ClN4O/c1-14-5-4-6-15(9-14)11-22-19-10-18(24-13-25-19)20(26)23-12-16-7-2-3-8-17(16)21/h2-10,13H,11-12H2,1H3,(H,23,26)(H,22,24,25). The number of anilines is 1. The molecule has 1 amide bonds. The molecule has 2 N–H and O–H groups in total. The summed E-state index contributed by atoms with van der Waals surface area (Å²) in [4.78, 5) is 20.5. The van der Waals surface area contributed by atoms with Crippen LogP contribution in [0.2, 0.25) is 5.02 Å². The minimum atomic E-state index is -0.272. The maximum absolute atomic E-state index is 12.3. The summed E-state index contributed by atoms with van der Waals surface area (Å²) in [5.41, 5.74) is 3.51. The zero-order valence-electron chi connectivity index (χ0n) is 14.4. The summed E-state index contributed by atoms with van der Waals surface area (Å²) in [5, 5.41) is 6.66. The first kappa shape index (κ1) is 17.9. The number of hydrogen-bond donors (Lipinski definition) is 2. The molecule has 0 saturated carbocycles. The molecule has 2 aromatic carbocycles. The molecule has 0 aliphatic carbocycles. The molecule has 0 aliphatic heterocycles. The monoisotopic (exact) mass is 366 g/mol. The van der Waals surface area contributed by atoms with Gasteiger partial charge in [0, 0.05) is 24.2 Å². The molecule has 0 bridgehead atoms. The van der Waals surface area contributed by atoms with Crippen molar-refractivity contribution in [3.63, 3.8) is 0 Å². The van der Waals surface area contributed by atoms with Gasteiger partial charge in [-0.25, -0.2) is 9.97 Å². The zero-order chi connectivity index (χ0) is 18.4. The van der Waals surface area contributed by atoms with Crippen LogP contribution in [0.15, 0.2) is 60.9 Å². The molecule has 26 heavy (non-hydrogen) atoms. The van der Waals surface area contributed by atoms with Crippen LogP contribution >= 0.6 is 11.6 Å². The summed E-state index contributed by atoms with van der Waals surface area (Å²) in [7, 11) is 0. The summed E-state index contributed by atoms with van der Waals surface area (Å²) in [6.45, 7) is 3.02. The van der Waals surface area contributed by atoms with Gasteiger partial charge >= 0.3 is 0 Å². The van der Waals surface area contributed by atoms with Crippen molar-refractivity contribution in [1.29, 1.82) is 0 Å². The SMILES string of the molecule is Cc1cccc(CNc2cc(C(=O)NCc3ccccc3Cl)ncn2)c1. The fraction of sp³-hybridized carbons (Fsp3) is 0.150. The van der Waals surface area contributed by atoms with E-state index in [0.29, 0.717) is 29.6 Å². The number of halogens is 1. The van der Waals surface area contributed by atoms with Gasteiger partial charge in [-0.3, -0.25) is 4.79 Å². The Bertz CT molecular complexity index is 914. The molecule has 0 aliphatic rings. The number of hydrogen-bond acceptors (Lipinski definition) is 4. The summed E-state index contributed by atoms with van der Waals surface area (Å²) >= 11 is 6.10. The van der Waals surface area contributed by atoms with Crippen LogP contribution in [-0.2, 0) is 13.1 Å². The van der Waals surface area contributed by atoms with Crippen LogP contribution < -0.4 is 10.6 Å².